The van der Waals surface area contributed by atoms with Crippen molar-refractivity contribution in [2.24, 2.45) is 0 Å². The molecule has 0 radical (unpaired) electrons. The van der Waals surface area contributed by atoms with E-state index < -0.39 is 0 Å². The van der Waals surface area contributed by atoms with E-state index in [2.05, 4.69) is 4.90 Å². The standard InChI is InChI=1S/C20H23NO2.CH4.ClH/c1-23-19-11-10-17(20(22)16-8-4-2-5-9-16)14-18(19)15-21-12-6-3-7-13-21;;/h2,4-5,8-11,14H,3,6-7,12-13,15H2,1H3;1H4;1H/p-1. The molecule has 2 aromatic carbocycles. The van der Waals surface area contributed by atoms with E-state index in [1.54, 1.807) is 7.11 Å². The Balaban J connectivity index is 0.00000156. The fourth-order valence-corrected chi connectivity index (χ4v) is 3.16. The maximum atomic E-state index is 12.6. The SMILES string of the molecule is C.COc1ccc(C(=O)c2ccccc2)cc1CN1CCCCC1.[Cl-]. The summed E-state index contributed by atoms with van der Waals surface area (Å²) in [6, 6.07) is 15.2. The number of methoxy groups -OCH3 is 1. The van der Waals surface area contributed by atoms with Crippen LogP contribution in [-0.4, -0.2) is 30.9 Å². The zero-order valence-corrected chi connectivity index (χ0v) is 14.8. The molecule has 0 amide bonds. The molecule has 0 spiro atoms. The van der Waals surface area contributed by atoms with Gasteiger partial charge in [0.1, 0.15) is 5.75 Å². The van der Waals surface area contributed by atoms with Gasteiger partial charge < -0.3 is 17.1 Å². The molecular weight excluding hydrogens is 334 g/mol. The zero-order chi connectivity index (χ0) is 16.1. The van der Waals surface area contributed by atoms with E-state index in [1.165, 1.54) is 19.3 Å². The normalized spacial score (nSPS) is 14.1. The largest absolute Gasteiger partial charge is 1.00 e. The van der Waals surface area contributed by atoms with Crippen molar-refractivity contribution < 1.29 is 21.9 Å². The van der Waals surface area contributed by atoms with Crippen molar-refractivity contribution in [1.82, 2.24) is 4.90 Å². The van der Waals surface area contributed by atoms with E-state index in [9.17, 15) is 4.79 Å². The molecule has 1 heterocycles. The number of piperidine rings is 1. The Morgan fingerprint density at radius 1 is 1.00 bits per heavy atom. The monoisotopic (exact) mass is 360 g/mol. The zero-order valence-electron chi connectivity index (χ0n) is 14.0. The summed E-state index contributed by atoms with van der Waals surface area (Å²) in [5.74, 6) is 0.924. The van der Waals surface area contributed by atoms with Crippen LogP contribution in [0.4, 0.5) is 0 Å². The molecule has 1 fully saturated rings. The molecule has 4 heteroatoms. The van der Waals surface area contributed by atoms with Crippen molar-refractivity contribution in [2.75, 3.05) is 20.2 Å². The summed E-state index contributed by atoms with van der Waals surface area (Å²) in [6.07, 6.45) is 3.83. The molecule has 3 nitrogen and oxygen atoms in total. The maximum Gasteiger partial charge on any atom is 0.193 e. The van der Waals surface area contributed by atoms with Crippen LogP contribution in [-0.2, 0) is 6.54 Å². The minimum atomic E-state index is 0. The first-order valence-electron chi connectivity index (χ1n) is 8.27. The average molecular weight is 361 g/mol. The number of hydrogen-bond donors (Lipinski definition) is 0. The molecule has 136 valence electrons. The average Bonchev–Trinajstić information content (AvgIpc) is 2.62. The van der Waals surface area contributed by atoms with E-state index in [-0.39, 0.29) is 25.6 Å². The quantitative estimate of drug-likeness (QED) is 0.758. The molecule has 0 atom stereocenters. The minimum absolute atomic E-state index is 0. The fourth-order valence-electron chi connectivity index (χ4n) is 3.16. The first kappa shape index (κ1) is 21.2. The molecule has 0 aromatic heterocycles. The number of carbonyl (C=O) groups is 1. The number of ether oxygens (including phenoxy) is 1. The van der Waals surface area contributed by atoms with Gasteiger partial charge in [0, 0.05) is 23.2 Å². The van der Waals surface area contributed by atoms with Gasteiger partial charge in [-0.2, -0.15) is 0 Å². The molecular formula is C21H27ClNO2-. The van der Waals surface area contributed by atoms with Crippen molar-refractivity contribution in [3.05, 3.63) is 65.2 Å². The summed E-state index contributed by atoms with van der Waals surface area (Å²) in [5, 5.41) is 0. The lowest BCUT2D eigenvalue weighted by Crippen LogP contribution is -3.00. The van der Waals surface area contributed by atoms with Gasteiger partial charge in [-0.05, 0) is 44.1 Å². The van der Waals surface area contributed by atoms with Gasteiger partial charge in [0.05, 0.1) is 7.11 Å². The highest BCUT2D eigenvalue weighted by atomic mass is 35.5. The molecule has 0 bridgehead atoms. The van der Waals surface area contributed by atoms with Gasteiger partial charge in [0.25, 0.3) is 0 Å². The Morgan fingerprint density at radius 2 is 1.68 bits per heavy atom. The van der Waals surface area contributed by atoms with Crippen LogP contribution in [0.5, 0.6) is 5.75 Å². The third-order valence-corrected chi connectivity index (χ3v) is 4.42. The Labute approximate surface area is 157 Å². The van der Waals surface area contributed by atoms with Gasteiger partial charge in [-0.15, -0.1) is 0 Å². The summed E-state index contributed by atoms with van der Waals surface area (Å²) in [7, 11) is 1.69. The molecule has 2 aromatic rings. The second kappa shape index (κ2) is 10.2. The summed E-state index contributed by atoms with van der Waals surface area (Å²) in [6.45, 7) is 3.10. The van der Waals surface area contributed by atoms with Crippen LogP contribution < -0.4 is 17.1 Å². The fraction of sp³-hybridized carbons (Fsp3) is 0.381. The summed E-state index contributed by atoms with van der Waals surface area (Å²) in [5.41, 5.74) is 2.54. The van der Waals surface area contributed by atoms with Crippen LogP contribution in [0, 0.1) is 0 Å². The van der Waals surface area contributed by atoms with Crippen LogP contribution in [0.25, 0.3) is 0 Å². The van der Waals surface area contributed by atoms with Crippen molar-refractivity contribution in [2.45, 2.75) is 33.2 Å². The molecule has 0 aliphatic carbocycles. The van der Waals surface area contributed by atoms with Gasteiger partial charge in [0.15, 0.2) is 5.78 Å². The van der Waals surface area contributed by atoms with E-state index >= 15 is 0 Å². The molecule has 0 saturated carbocycles. The molecule has 25 heavy (non-hydrogen) atoms. The first-order chi connectivity index (χ1) is 11.3. The molecule has 1 aliphatic rings. The third-order valence-electron chi connectivity index (χ3n) is 4.42. The number of benzene rings is 2. The van der Waals surface area contributed by atoms with Gasteiger partial charge in [-0.1, -0.05) is 44.2 Å². The Kier molecular flexibility index (Phi) is 8.67. The second-order valence-electron chi connectivity index (χ2n) is 6.06. The van der Waals surface area contributed by atoms with Gasteiger partial charge in [0.2, 0.25) is 0 Å². The van der Waals surface area contributed by atoms with Crippen LogP contribution in [0.2, 0.25) is 0 Å². The number of ketones is 1. The number of carbonyl (C=O) groups excluding carboxylic acids is 1. The lowest BCUT2D eigenvalue weighted by Gasteiger charge is -2.27. The van der Waals surface area contributed by atoms with Gasteiger partial charge in [-0.3, -0.25) is 9.69 Å². The molecule has 0 unspecified atom stereocenters. The van der Waals surface area contributed by atoms with E-state index in [0.717, 1.165) is 42.1 Å². The number of rotatable bonds is 5. The summed E-state index contributed by atoms with van der Waals surface area (Å²) >= 11 is 0. The number of likely N-dealkylation sites (tertiary alicyclic amines) is 1. The lowest BCUT2D eigenvalue weighted by atomic mass is 10.00. The predicted octanol–water partition coefficient (Wildman–Crippen LogP) is 1.55. The van der Waals surface area contributed by atoms with Crippen LogP contribution >= 0.6 is 0 Å². The van der Waals surface area contributed by atoms with Gasteiger partial charge >= 0.3 is 0 Å². The smallest absolute Gasteiger partial charge is 0.193 e. The Bertz CT molecular complexity index is 667. The topological polar surface area (TPSA) is 29.5 Å². The van der Waals surface area contributed by atoms with E-state index in [4.69, 9.17) is 4.74 Å². The second-order valence-corrected chi connectivity index (χ2v) is 6.06. The van der Waals surface area contributed by atoms with Crippen LogP contribution in [0.15, 0.2) is 48.5 Å². The van der Waals surface area contributed by atoms with Crippen LogP contribution in [0.3, 0.4) is 0 Å². The van der Waals surface area contributed by atoms with E-state index in [1.807, 2.05) is 48.5 Å². The molecule has 0 N–H and O–H groups in total. The number of halogens is 1. The predicted molar refractivity (Wildman–Crippen MR) is 98.7 cm³/mol. The van der Waals surface area contributed by atoms with Crippen molar-refractivity contribution in [3.63, 3.8) is 0 Å². The third kappa shape index (κ3) is 5.32. The highest BCUT2D eigenvalue weighted by Gasteiger charge is 2.16. The summed E-state index contributed by atoms with van der Waals surface area (Å²) < 4.78 is 5.49. The lowest BCUT2D eigenvalue weighted by molar-refractivity contribution is -0.0000126. The maximum absolute atomic E-state index is 12.6. The number of hydrogen-bond acceptors (Lipinski definition) is 3. The minimum Gasteiger partial charge on any atom is -1.00 e. The highest BCUT2D eigenvalue weighted by molar-refractivity contribution is 6.09. The highest BCUT2D eigenvalue weighted by Crippen LogP contribution is 2.24. The first-order valence-corrected chi connectivity index (χ1v) is 8.27. The van der Waals surface area contributed by atoms with Crippen molar-refractivity contribution in [1.29, 1.82) is 0 Å². The Hall–Kier alpha value is -1.84. The summed E-state index contributed by atoms with van der Waals surface area (Å²) in [4.78, 5) is 15.1. The molecule has 1 saturated heterocycles. The molecule has 3 rings (SSSR count). The van der Waals surface area contributed by atoms with E-state index in [0.29, 0.717) is 0 Å². The van der Waals surface area contributed by atoms with Gasteiger partial charge in [-0.25, -0.2) is 0 Å². The van der Waals surface area contributed by atoms with Crippen LogP contribution in [0.1, 0.15) is 48.2 Å². The Morgan fingerprint density at radius 3 is 2.32 bits per heavy atom. The van der Waals surface area contributed by atoms with Crippen molar-refractivity contribution in [3.8, 4) is 5.75 Å². The van der Waals surface area contributed by atoms with Crippen molar-refractivity contribution >= 4 is 5.78 Å². The number of nitrogens with zero attached hydrogens (tertiary/aromatic N) is 1. The molecule has 1 aliphatic heterocycles.